The Kier molecular flexibility index (Phi) is 3.99. The van der Waals surface area contributed by atoms with Crippen molar-refractivity contribution in [3.05, 3.63) is 52.9 Å². The summed E-state index contributed by atoms with van der Waals surface area (Å²) >= 11 is 6.00. The number of ether oxygens (including phenoxy) is 1. The van der Waals surface area contributed by atoms with Crippen LogP contribution in [-0.4, -0.2) is 13.1 Å². The third kappa shape index (κ3) is 2.84. The first-order chi connectivity index (χ1) is 9.74. The zero-order chi connectivity index (χ0) is 13.9. The number of rotatable bonds is 4. The number of furan rings is 1. The van der Waals surface area contributed by atoms with Crippen LogP contribution in [0.25, 0.3) is 0 Å². The molecule has 2 aromatic rings. The van der Waals surface area contributed by atoms with Gasteiger partial charge in [0.1, 0.15) is 11.5 Å². The molecule has 1 N–H and O–H groups in total. The Morgan fingerprint density at radius 2 is 2.30 bits per heavy atom. The Hall–Kier alpha value is -1.45. The van der Waals surface area contributed by atoms with Gasteiger partial charge in [0.2, 0.25) is 0 Å². The van der Waals surface area contributed by atoms with Gasteiger partial charge in [-0.15, -0.1) is 0 Å². The molecule has 1 aliphatic heterocycles. The molecular formula is C16H18ClNO2. The highest BCUT2D eigenvalue weighted by molar-refractivity contribution is 6.30. The molecule has 3 nitrogen and oxygen atoms in total. The molecule has 0 amide bonds. The average Bonchev–Trinajstić information content (AvgIpc) is 3.11. The lowest BCUT2D eigenvalue weighted by Crippen LogP contribution is -2.21. The average molecular weight is 292 g/mol. The molecule has 2 heterocycles. The zero-order valence-corrected chi connectivity index (χ0v) is 12.2. The first kappa shape index (κ1) is 13.5. The molecule has 3 rings (SSSR count). The van der Waals surface area contributed by atoms with Gasteiger partial charge < -0.3 is 14.5 Å². The quantitative estimate of drug-likeness (QED) is 0.925. The third-order valence-corrected chi connectivity index (χ3v) is 3.98. The number of benzene rings is 1. The normalized spacial score (nSPS) is 20.0. The number of nitrogens with one attached hydrogen (secondary N) is 1. The van der Waals surface area contributed by atoms with Crippen molar-refractivity contribution in [2.75, 3.05) is 13.1 Å². The monoisotopic (exact) mass is 291 g/mol. The van der Waals surface area contributed by atoms with Gasteiger partial charge >= 0.3 is 0 Å². The fourth-order valence-electron chi connectivity index (χ4n) is 2.66. The summed E-state index contributed by atoms with van der Waals surface area (Å²) < 4.78 is 11.8. The number of halogens is 1. The van der Waals surface area contributed by atoms with E-state index in [2.05, 4.69) is 5.32 Å². The zero-order valence-electron chi connectivity index (χ0n) is 11.4. The maximum atomic E-state index is 6.24. The lowest BCUT2D eigenvalue weighted by Gasteiger charge is -2.23. The highest BCUT2D eigenvalue weighted by Gasteiger charge is 2.30. The molecule has 1 saturated heterocycles. The predicted molar refractivity (Wildman–Crippen MR) is 79.2 cm³/mol. The fourth-order valence-corrected chi connectivity index (χ4v) is 2.88. The number of hydrogen-bond acceptors (Lipinski definition) is 3. The molecule has 106 valence electrons. The van der Waals surface area contributed by atoms with Crippen molar-refractivity contribution >= 4 is 11.6 Å². The summed E-state index contributed by atoms with van der Waals surface area (Å²) in [7, 11) is 0. The second-order valence-corrected chi connectivity index (χ2v) is 5.65. The van der Waals surface area contributed by atoms with E-state index in [1.807, 2.05) is 37.3 Å². The van der Waals surface area contributed by atoms with Crippen molar-refractivity contribution in [1.29, 1.82) is 0 Å². The van der Waals surface area contributed by atoms with Gasteiger partial charge in [0, 0.05) is 17.5 Å². The molecular weight excluding hydrogens is 274 g/mol. The van der Waals surface area contributed by atoms with Crippen molar-refractivity contribution in [3.63, 3.8) is 0 Å². The van der Waals surface area contributed by atoms with Crippen LogP contribution in [0.2, 0.25) is 5.02 Å². The summed E-state index contributed by atoms with van der Waals surface area (Å²) in [6.45, 7) is 4.00. The standard InChI is InChI=1S/C16H18ClNO2/c1-11-9-13(17)4-5-14(11)20-16(12-6-7-18-10-12)15-3-2-8-19-15/h2-5,8-9,12,16,18H,6-7,10H2,1H3/t12-,16+/m0/s1. The van der Waals surface area contributed by atoms with Crippen LogP contribution >= 0.6 is 11.6 Å². The first-order valence-corrected chi connectivity index (χ1v) is 7.29. The maximum Gasteiger partial charge on any atom is 0.160 e. The van der Waals surface area contributed by atoms with Gasteiger partial charge in [-0.3, -0.25) is 0 Å². The Morgan fingerprint density at radius 3 is 2.95 bits per heavy atom. The largest absolute Gasteiger partial charge is 0.482 e. The van der Waals surface area contributed by atoms with Crippen LogP contribution in [0.5, 0.6) is 5.75 Å². The predicted octanol–water partition coefficient (Wildman–Crippen LogP) is 3.97. The Balaban J connectivity index is 1.86. The molecule has 1 aromatic heterocycles. The summed E-state index contributed by atoms with van der Waals surface area (Å²) in [4.78, 5) is 0. The summed E-state index contributed by atoms with van der Waals surface area (Å²) in [5.74, 6) is 2.17. The van der Waals surface area contributed by atoms with Gasteiger partial charge in [0.25, 0.3) is 0 Å². The molecule has 1 aliphatic rings. The molecule has 2 atom stereocenters. The van der Waals surface area contributed by atoms with E-state index < -0.39 is 0 Å². The van der Waals surface area contributed by atoms with Crippen molar-refractivity contribution in [2.24, 2.45) is 5.92 Å². The molecule has 0 unspecified atom stereocenters. The van der Waals surface area contributed by atoms with Crippen LogP contribution in [0.3, 0.4) is 0 Å². The minimum absolute atomic E-state index is 0.0557. The van der Waals surface area contributed by atoms with Crippen molar-refractivity contribution in [3.8, 4) is 5.75 Å². The van der Waals surface area contributed by atoms with Gasteiger partial charge in [-0.1, -0.05) is 11.6 Å². The molecule has 0 radical (unpaired) electrons. The van der Waals surface area contributed by atoms with Gasteiger partial charge in [0.15, 0.2) is 6.10 Å². The van der Waals surface area contributed by atoms with Crippen LogP contribution in [0, 0.1) is 12.8 Å². The molecule has 20 heavy (non-hydrogen) atoms. The van der Waals surface area contributed by atoms with E-state index in [-0.39, 0.29) is 6.10 Å². The van der Waals surface area contributed by atoms with E-state index in [1.54, 1.807) is 6.26 Å². The van der Waals surface area contributed by atoms with E-state index in [1.165, 1.54) is 0 Å². The molecule has 0 aliphatic carbocycles. The van der Waals surface area contributed by atoms with Crippen LogP contribution < -0.4 is 10.1 Å². The van der Waals surface area contributed by atoms with Gasteiger partial charge in [-0.05, 0) is 55.8 Å². The lowest BCUT2D eigenvalue weighted by atomic mass is 9.99. The molecule has 0 spiro atoms. The van der Waals surface area contributed by atoms with Gasteiger partial charge in [0.05, 0.1) is 6.26 Å². The van der Waals surface area contributed by atoms with Crippen LogP contribution in [-0.2, 0) is 0 Å². The Morgan fingerprint density at radius 1 is 1.40 bits per heavy atom. The molecule has 4 heteroatoms. The molecule has 1 aromatic carbocycles. The lowest BCUT2D eigenvalue weighted by molar-refractivity contribution is 0.119. The van der Waals surface area contributed by atoms with Crippen LogP contribution in [0.4, 0.5) is 0 Å². The Bertz CT molecular complexity index is 562. The van der Waals surface area contributed by atoms with E-state index in [0.29, 0.717) is 5.92 Å². The SMILES string of the molecule is Cc1cc(Cl)ccc1O[C@@H](c1ccco1)[C@H]1CCNC1. The second kappa shape index (κ2) is 5.90. The smallest absolute Gasteiger partial charge is 0.160 e. The highest BCUT2D eigenvalue weighted by Crippen LogP contribution is 2.34. The summed E-state index contributed by atoms with van der Waals surface area (Å²) in [6.07, 6.45) is 2.74. The minimum atomic E-state index is -0.0557. The van der Waals surface area contributed by atoms with Gasteiger partial charge in [-0.25, -0.2) is 0 Å². The third-order valence-electron chi connectivity index (χ3n) is 3.74. The van der Waals surface area contributed by atoms with Crippen molar-refractivity contribution in [2.45, 2.75) is 19.4 Å². The topological polar surface area (TPSA) is 34.4 Å². The molecule has 0 bridgehead atoms. The minimum Gasteiger partial charge on any atom is -0.482 e. The van der Waals surface area contributed by atoms with Gasteiger partial charge in [-0.2, -0.15) is 0 Å². The summed E-state index contributed by atoms with van der Waals surface area (Å²) in [5.41, 5.74) is 1.04. The van der Waals surface area contributed by atoms with E-state index in [9.17, 15) is 0 Å². The summed E-state index contributed by atoms with van der Waals surface area (Å²) in [6, 6.07) is 9.59. The summed E-state index contributed by atoms with van der Waals surface area (Å²) in [5, 5.41) is 4.11. The maximum absolute atomic E-state index is 6.24. The number of aryl methyl sites for hydroxylation is 1. The Labute approximate surface area is 123 Å². The van der Waals surface area contributed by atoms with Crippen LogP contribution in [0.1, 0.15) is 23.8 Å². The highest BCUT2D eigenvalue weighted by atomic mass is 35.5. The van der Waals surface area contributed by atoms with E-state index in [4.69, 9.17) is 20.8 Å². The molecule has 0 saturated carbocycles. The van der Waals surface area contributed by atoms with E-state index >= 15 is 0 Å². The fraction of sp³-hybridized carbons (Fsp3) is 0.375. The van der Waals surface area contributed by atoms with Crippen molar-refractivity contribution in [1.82, 2.24) is 5.32 Å². The first-order valence-electron chi connectivity index (χ1n) is 6.91. The molecule has 1 fully saturated rings. The van der Waals surface area contributed by atoms with Crippen LogP contribution in [0.15, 0.2) is 41.0 Å². The van der Waals surface area contributed by atoms with E-state index in [0.717, 1.165) is 41.6 Å². The van der Waals surface area contributed by atoms with Crippen molar-refractivity contribution < 1.29 is 9.15 Å². The number of hydrogen-bond donors (Lipinski definition) is 1. The second-order valence-electron chi connectivity index (χ2n) is 5.22.